The number of likely N-dealkylation sites (tertiary alicyclic amines) is 1. The third-order valence-corrected chi connectivity index (χ3v) is 5.60. The van der Waals surface area contributed by atoms with E-state index in [1.807, 2.05) is 29.2 Å². The van der Waals surface area contributed by atoms with Crippen LogP contribution in [0.25, 0.3) is 0 Å². The van der Waals surface area contributed by atoms with Gasteiger partial charge in [0.15, 0.2) is 0 Å². The van der Waals surface area contributed by atoms with Crippen LogP contribution in [0.3, 0.4) is 0 Å². The molecule has 0 saturated carbocycles. The molecule has 1 aromatic carbocycles. The molecule has 0 spiro atoms. The van der Waals surface area contributed by atoms with Gasteiger partial charge in [0, 0.05) is 39.6 Å². The van der Waals surface area contributed by atoms with E-state index in [0.717, 1.165) is 32.1 Å². The molecule has 2 aliphatic rings. The third-order valence-electron chi connectivity index (χ3n) is 5.60. The molecule has 158 valence electrons. The number of amides is 2. The fourth-order valence-electron chi connectivity index (χ4n) is 3.94. The Balaban J connectivity index is 1.50. The van der Waals surface area contributed by atoms with Gasteiger partial charge in [-0.2, -0.15) is 0 Å². The molecule has 1 aliphatic heterocycles. The van der Waals surface area contributed by atoms with Crippen LogP contribution in [0, 0.1) is 0 Å². The van der Waals surface area contributed by atoms with Crippen LogP contribution in [0.15, 0.2) is 35.9 Å². The molecule has 1 fully saturated rings. The van der Waals surface area contributed by atoms with Crippen LogP contribution in [0.1, 0.15) is 55.3 Å². The van der Waals surface area contributed by atoms with Gasteiger partial charge in [0.25, 0.3) is 5.91 Å². The number of para-hydroxylation sites is 1. The first-order chi connectivity index (χ1) is 14.2. The molecule has 6 nitrogen and oxygen atoms in total. The lowest BCUT2D eigenvalue weighted by molar-refractivity contribution is -0.136. The second-order valence-corrected chi connectivity index (χ2v) is 7.74. The van der Waals surface area contributed by atoms with Crippen LogP contribution in [0.2, 0.25) is 0 Å². The number of allylic oxidation sites excluding steroid dienone is 1. The summed E-state index contributed by atoms with van der Waals surface area (Å²) >= 11 is 0. The van der Waals surface area contributed by atoms with Crippen molar-refractivity contribution in [2.75, 3.05) is 33.4 Å². The molecule has 1 heterocycles. The number of nitrogens with zero attached hydrogens (tertiary/aromatic N) is 1. The highest BCUT2D eigenvalue weighted by Gasteiger charge is 2.25. The largest absolute Gasteiger partial charge is 0.489 e. The minimum absolute atomic E-state index is 0.00272. The molecular formula is C23H32N2O4. The van der Waals surface area contributed by atoms with Gasteiger partial charge >= 0.3 is 0 Å². The molecule has 3 rings (SSSR count). The number of ether oxygens (including phenoxy) is 2. The topological polar surface area (TPSA) is 67.9 Å². The van der Waals surface area contributed by atoms with Crippen LogP contribution in [0.5, 0.6) is 5.75 Å². The Labute approximate surface area is 173 Å². The quantitative estimate of drug-likeness (QED) is 0.680. The van der Waals surface area contributed by atoms with E-state index in [0.29, 0.717) is 30.9 Å². The lowest BCUT2D eigenvalue weighted by Gasteiger charge is -2.32. The van der Waals surface area contributed by atoms with E-state index in [1.54, 1.807) is 0 Å². The van der Waals surface area contributed by atoms with Gasteiger partial charge in [0.1, 0.15) is 18.5 Å². The molecule has 1 saturated heterocycles. The second-order valence-electron chi connectivity index (χ2n) is 7.74. The average Bonchev–Trinajstić information content (AvgIpc) is 2.75. The monoisotopic (exact) mass is 400 g/mol. The van der Waals surface area contributed by atoms with Gasteiger partial charge in [-0.25, -0.2) is 0 Å². The van der Waals surface area contributed by atoms with E-state index in [1.165, 1.54) is 25.5 Å². The van der Waals surface area contributed by atoms with Gasteiger partial charge in [0.2, 0.25) is 5.91 Å². The summed E-state index contributed by atoms with van der Waals surface area (Å²) in [7, 11) is 1.53. The predicted octanol–water partition coefficient (Wildman–Crippen LogP) is 3.32. The molecule has 29 heavy (non-hydrogen) atoms. The van der Waals surface area contributed by atoms with Gasteiger partial charge in [-0.15, -0.1) is 0 Å². The normalized spacial score (nSPS) is 17.6. The second kappa shape index (κ2) is 11.0. The van der Waals surface area contributed by atoms with E-state index in [-0.39, 0.29) is 24.5 Å². The van der Waals surface area contributed by atoms with Crippen molar-refractivity contribution >= 4 is 11.8 Å². The zero-order valence-corrected chi connectivity index (χ0v) is 17.3. The van der Waals surface area contributed by atoms with Crippen molar-refractivity contribution in [2.24, 2.45) is 0 Å². The number of nitrogens with one attached hydrogen (secondary N) is 1. The van der Waals surface area contributed by atoms with Crippen LogP contribution in [0.4, 0.5) is 0 Å². The number of hydrogen-bond acceptors (Lipinski definition) is 4. The van der Waals surface area contributed by atoms with Crippen molar-refractivity contribution in [3.05, 3.63) is 41.5 Å². The highest BCUT2D eigenvalue weighted by molar-refractivity contribution is 5.96. The van der Waals surface area contributed by atoms with E-state index in [9.17, 15) is 9.59 Å². The molecule has 6 heteroatoms. The number of hydrogen-bond donors (Lipinski definition) is 1. The highest BCUT2D eigenvalue weighted by Crippen LogP contribution is 2.24. The first kappa shape index (κ1) is 21.4. The Hall–Kier alpha value is -2.34. The molecule has 1 aliphatic carbocycles. The lowest BCUT2D eigenvalue weighted by Crippen LogP contribution is -2.43. The zero-order chi connectivity index (χ0) is 20.5. The van der Waals surface area contributed by atoms with Crippen molar-refractivity contribution in [3.8, 4) is 5.75 Å². The predicted molar refractivity (Wildman–Crippen MR) is 112 cm³/mol. The summed E-state index contributed by atoms with van der Waals surface area (Å²) in [4.78, 5) is 26.4. The van der Waals surface area contributed by atoms with Gasteiger partial charge in [-0.05, 0) is 44.2 Å². The molecule has 0 atom stereocenters. The van der Waals surface area contributed by atoms with Crippen molar-refractivity contribution in [3.63, 3.8) is 0 Å². The number of carbonyl (C=O) groups excluding carboxylic acids is 2. The number of piperidine rings is 1. The Morgan fingerprint density at radius 1 is 1.17 bits per heavy atom. The number of methoxy groups -OCH3 is 1. The third kappa shape index (κ3) is 6.32. The van der Waals surface area contributed by atoms with Crippen molar-refractivity contribution in [1.29, 1.82) is 0 Å². The van der Waals surface area contributed by atoms with Crippen molar-refractivity contribution < 1.29 is 19.1 Å². The summed E-state index contributed by atoms with van der Waals surface area (Å²) in [5.74, 6) is 0.534. The van der Waals surface area contributed by atoms with Gasteiger partial charge in [-0.3, -0.25) is 9.59 Å². The lowest BCUT2D eigenvalue weighted by atomic mass is 9.97. The molecule has 0 bridgehead atoms. The summed E-state index contributed by atoms with van der Waals surface area (Å²) in [6, 6.07) is 7.40. The fraction of sp³-hybridized carbons (Fsp3) is 0.565. The van der Waals surface area contributed by atoms with Crippen LogP contribution in [-0.4, -0.2) is 56.2 Å². The molecule has 0 aromatic heterocycles. The Bertz CT molecular complexity index is 723. The fourth-order valence-corrected chi connectivity index (χ4v) is 3.94. The highest BCUT2D eigenvalue weighted by atomic mass is 16.5. The summed E-state index contributed by atoms with van der Waals surface area (Å²) in [6.07, 6.45) is 9.59. The first-order valence-corrected chi connectivity index (χ1v) is 10.7. The Morgan fingerprint density at radius 2 is 1.97 bits per heavy atom. The van der Waals surface area contributed by atoms with E-state index in [4.69, 9.17) is 9.47 Å². The molecule has 0 radical (unpaired) electrons. The maximum Gasteiger partial charge on any atom is 0.255 e. The van der Waals surface area contributed by atoms with Crippen molar-refractivity contribution in [1.82, 2.24) is 10.2 Å². The minimum atomic E-state index is -0.0929. The molecule has 1 aromatic rings. The average molecular weight is 401 g/mol. The maximum atomic E-state index is 12.7. The van der Waals surface area contributed by atoms with E-state index < -0.39 is 0 Å². The first-order valence-electron chi connectivity index (χ1n) is 10.7. The Kier molecular flexibility index (Phi) is 8.11. The molecule has 0 unspecified atom stereocenters. The zero-order valence-electron chi connectivity index (χ0n) is 17.3. The van der Waals surface area contributed by atoms with E-state index in [2.05, 4.69) is 11.4 Å². The van der Waals surface area contributed by atoms with Crippen molar-refractivity contribution in [2.45, 2.75) is 51.0 Å². The van der Waals surface area contributed by atoms with E-state index >= 15 is 0 Å². The van der Waals surface area contributed by atoms with Crippen LogP contribution in [-0.2, 0) is 9.53 Å². The summed E-state index contributed by atoms with van der Waals surface area (Å²) < 4.78 is 11.1. The van der Waals surface area contributed by atoms with Crippen LogP contribution < -0.4 is 10.1 Å². The molecule has 1 N–H and O–H groups in total. The summed E-state index contributed by atoms with van der Waals surface area (Å²) in [5, 5.41) is 3.03. The number of benzene rings is 1. The smallest absolute Gasteiger partial charge is 0.255 e. The molecular weight excluding hydrogens is 368 g/mol. The number of rotatable bonds is 8. The van der Waals surface area contributed by atoms with Gasteiger partial charge < -0.3 is 19.7 Å². The van der Waals surface area contributed by atoms with Gasteiger partial charge in [-0.1, -0.05) is 23.8 Å². The summed E-state index contributed by atoms with van der Waals surface area (Å²) in [5.41, 5.74) is 2.03. The SMILES string of the molecule is COCC(=O)N1CCC(Oc2ccccc2C(=O)NCCC2=CCCCC2)CC1. The van der Waals surface area contributed by atoms with Gasteiger partial charge in [0.05, 0.1) is 5.56 Å². The Morgan fingerprint density at radius 3 is 2.69 bits per heavy atom. The number of carbonyl (C=O) groups is 2. The standard InChI is InChI=1S/C23H32N2O4/c1-28-17-22(26)25-15-12-19(13-16-25)29-21-10-6-5-9-20(21)23(27)24-14-11-18-7-3-2-4-8-18/h5-7,9-10,19H,2-4,8,11-17H2,1H3,(H,24,27). The van der Waals surface area contributed by atoms with Crippen LogP contribution >= 0.6 is 0 Å². The maximum absolute atomic E-state index is 12.7. The minimum Gasteiger partial charge on any atom is -0.489 e. The summed E-state index contributed by atoms with van der Waals surface area (Å²) in [6.45, 7) is 2.07. The molecule has 2 amide bonds.